The van der Waals surface area contributed by atoms with E-state index in [0.717, 1.165) is 0 Å². The van der Waals surface area contributed by atoms with E-state index in [4.69, 9.17) is 9.47 Å². The molecule has 0 radical (unpaired) electrons. The van der Waals surface area contributed by atoms with Crippen molar-refractivity contribution >= 4 is 28.9 Å². The molecule has 0 unspecified atom stereocenters. The molecule has 0 atom stereocenters. The standard InChI is InChI=1S/C26H37F2N5O5/c1-9-16-20(31-10-12-32(13-11-31)24(36)38-26(6,7)8)21(35)19-23(29-15(2)18(30-19)22(27)28)33(16)14-17(34)37-25(3,4)5/h22H,9-14H2,1-8H3. The van der Waals surface area contributed by atoms with Crippen LogP contribution in [0.1, 0.15) is 72.0 Å². The third-order valence-electron chi connectivity index (χ3n) is 5.87. The van der Waals surface area contributed by atoms with E-state index in [2.05, 4.69) is 9.97 Å². The zero-order chi connectivity index (χ0) is 28.6. The highest BCUT2D eigenvalue weighted by molar-refractivity contribution is 5.80. The maximum absolute atomic E-state index is 13.7. The summed E-state index contributed by atoms with van der Waals surface area (Å²) in [6.45, 7) is 14.7. The van der Waals surface area contributed by atoms with Crippen molar-refractivity contribution in [2.24, 2.45) is 0 Å². The van der Waals surface area contributed by atoms with Gasteiger partial charge in [-0.1, -0.05) is 6.92 Å². The summed E-state index contributed by atoms with van der Waals surface area (Å²) in [5.74, 6) is -0.560. The van der Waals surface area contributed by atoms with Crippen molar-refractivity contribution in [2.45, 2.75) is 86.0 Å². The quantitative estimate of drug-likeness (QED) is 0.527. The third kappa shape index (κ3) is 6.57. The van der Waals surface area contributed by atoms with Gasteiger partial charge in [-0.05, 0) is 54.9 Å². The van der Waals surface area contributed by atoms with E-state index >= 15 is 0 Å². The molecule has 0 N–H and O–H groups in total. The molecule has 0 bridgehead atoms. The number of rotatable bonds is 5. The number of anilines is 1. The first-order chi connectivity index (χ1) is 17.5. The van der Waals surface area contributed by atoms with Gasteiger partial charge in [-0.25, -0.2) is 23.5 Å². The molecule has 1 fully saturated rings. The van der Waals surface area contributed by atoms with Crippen LogP contribution < -0.4 is 10.3 Å². The lowest BCUT2D eigenvalue weighted by Gasteiger charge is -2.37. The first-order valence-corrected chi connectivity index (χ1v) is 12.7. The van der Waals surface area contributed by atoms with Gasteiger partial charge in [0.15, 0.2) is 11.2 Å². The lowest BCUT2D eigenvalue weighted by molar-refractivity contribution is -0.155. The number of hydrogen-bond donors (Lipinski definition) is 0. The topological polar surface area (TPSA) is 107 Å². The maximum Gasteiger partial charge on any atom is 0.410 e. The summed E-state index contributed by atoms with van der Waals surface area (Å²) in [6, 6.07) is 0. The summed E-state index contributed by atoms with van der Waals surface area (Å²) < 4.78 is 39.8. The van der Waals surface area contributed by atoms with E-state index in [9.17, 15) is 23.2 Å². The molecule has 210 valence electrons. The highest BCUT2D eigenvalue weighted by Gasteiger charge is 2.31. The van der Waals surface area contributed by atoms with Gasteiger partial charge in [-0.2, -0.15) is 0 Å². The summed E-state index contributed by atoms with van der Waals surface area (Å²) in [5.41, 5.74) is -1.96. The monoisotopic (exact) mass is 537 g/mol. The van der Waals surface area contributed by atoms with Crippen molar-refractivity contribution in [2.75, 3.05) is 31.1 Å². The van der Waals surface area contributed by atoms with Crippen LogP contribution in [0.25, 0.3) is 11.2 Å². The molecule has 12 heteroatoms. The molecule has 10 nitrogen and oxygen atoms in total. The largest absolute Gasteiger partial charge is 0.459 e. The van der Waals surface area contributed by atoms with Gasteiger partial charge in [-0.3, -0.25) is 9.59 Å². The van der Waals surface area contributed by atoms with Crippen LogP contribution in [-0.4, -0.2) is 68.9 Å². The average Bonchev–Trinajstić information content (AvgIpc) is 2.78. The number of halogens is 2. The molecular weight excluding hydrogens is 500 g/mol. The van der Waals surface area contributed by atoms with Gasteiger partial charge in [0.05, 0.1) is 5.69 Å². The summed E-state index contributed by atoms with van der Waals surface area (Å²) in [4.78, 5) is 50.8. The van der Waals surface area contributed by atoms with Crippen LogP contribution >= 0.6 is 0 Å². The summed E-state index contributed by atoms with van der Waals surface area (Å²) in [6.07, 6.45) is -3.01. The van der Waals surface area contributed by atoms with Gasteiger partial charge in [0.2, 0.25) is 5.43 Å². The average molecular weight is 538 g/mol. The number of aryl methyl sites for hydroxylation is 1. The Morgan fingerprint density at radius 2 is 1.55 bits per heavy atom. The highest BCUT2D eigenvalue weighted by atomic mass is 19.3. The van der Waals surface area contributed by atoms with Crippen LogP contribution in [-0.2, 0) is 27.2 Å². The van der Waals surface area contributed by atoms with Gasteiger partial charge in [0, 0.05) is 31.9 Å². The van der Waals surface area contributed by atoms with E-state index in [-0.39, 0.29) is 29.1 Å². The Morgan fingerprint density at radius 3 is 2.05 bits per heavy atom. The lowest BCUT2D eigenvalue weighted by Crippen LogP contribution is -2.51. The fourth-order valence-electron chi connectivity index (χ4n) is 4.36. The van der Waals surface area contributed by atoms with Gasteiger partial charge in [-0.15, -0.1) is 0 Å². The van der Waals surface area contributed by atoms with E-state index in [1.807, 2.05) is 6.92 Å². The Kier molecular flexibility index (Phi) is 8.33. The van der Waals surface area contributed by atoms with E-state index in [0.29, 0.717) is 38.3 Å². The van der Waals surface area contributed by atoms with Crippen LogP contribution in [0.5, 0.6) is 0 Å². The molecule has 1 aliphatic rings. The number of carbonyl (C=O) groups excluding carboxylic acids is 2. The number of pyridine rings is 1. The number of aromatic nitrogens is 3. The number of carbonyl (C=O) groups is 2. The smallest absolute Gasteiger partial charge is 0.410 e. The number of ether oxygens (including phenoxy) is 2. The van der Waals surface area contributed by atoms with Crippen molar-refractivity contribution in [1.29, 1.82) is 0 Å². The van der Waals surface area contributed by atoms with Crippen molar-refractivity contribution in [3.8, 4) is 0 Å². The first kappa shape index (κ1) is 29.2. The molecule has 3 rings (SSSR count). The molecule has 1 saturated heterocycles. The van der Waals surface area contributed by atoms with Crippen molar-refractivity contribution in [3.05, 3.63) is 27.3 Å². The second-order valence-electron chi connectivity index (χ2n) is 11.3. The molecule has 3 heterocycles. The predicted octanol–water partition coefficient (Wildman–Crippen LogP) is 4.00. The molecule has 1 amide bonds. The second-order valence-corrected chi connectivity index (χ2v) is 11.3. The van der Waals surface area contributed by atoms with Gasteiger partial charge < -0.3 is 23.8 Å². The Morgan fingerprint density at radius 1 is 0.974 bits per heavy atom. The van der Waals surface area contributed by atoms with Crippen LogP contribution in [0.2, 0.25) is 0 Å². The number of hydrogen-bond acceptors (Lipinski definition) is 8. The van der Waals surface area contributed by atoms with Crippen molar-refractivity contribution in [1.82, 2.24) is 19.4 Å². The number of nitrogens with zero attached hydrogens (tertiary/aromatic N) is 5. The molecule has 1 aliphatic heterocycles. The summed E-state index contributed by atoms with van der Waals surface area (Å²) in [5, 5.41) is 0. The summed E-state index contributed by atoms with van der Waals surface area (Å²) in [7, 11) is 0. The molecule has 38 heavy (non-hydrogen) atoms. The van der Waals surface area contributed by atoms with Crippen LogP contribution in [0.3, 0.4) is 0 Å². The molecule has 2 aromatic heterocycles. The van der Waals surface area contributed by atoms with Gasteiger partial charge in [0.25, 0.3) is 6.43 Å². The minimum Gasteiger partial charge on any atom is -0.459 e. The molecular formula is C26H37F2N5O5. The Labute approximate surface area is 220 Å². The molecule has 0 aliphatic carbocycles. The fourth-order valence-corrected chi connectivity index (χ4v) is 4.36. The zero-order valence-electron chi connectivity index (χ0n) is 23.4. The van der Waals surface area contributed by atoms with Gasteiger partial charge in [0.1, 0.15) is 29.1 Å². The minimum atomic E-state index is -2.92. The Hall–Kier alpha value is -3.31. The predicted molar refractivity (Wildman–Crippen MR) is 139 cm³/mol. The number of alkyl halides is 2. The molecule has 0 spiro atoms. The van der Waals surface area contributed by atoms with Gasteiger partial charge >= 0.3 is 12.1 Å². The highest BCUT2D eigenvalue weighted by Crippen LogP contribution is 2.27. The number of amides is 1. The first-order valence-electron chi connectivity index (χ1n) is 12.7. The number of esters is 1. The minimum absolute atomic E-state index is 0.0226. The molecule has 2 aromatic rings. The number of fused-ring (bicyclic) bond motifs is 1. The van der Waals surface area contributed by atoms with Crippen LogP contribution in [0, 0.1) is 6.92 Å². The fraction of sp³-hybridized carbons (Fsp3) is 0.654. The van der Waals surface area contributed by atoms with E-state index in [1.165, 1.54) is 11.5 Å². The Balaban J connectivity index is 2.11. The lowest BCUT2D eigenvalue weighted by atomic mass is 10.1. The molecule has 0 aromatic carbocycles. The second kappa shape index (κ2) is 10.8. The van der Waals surface area contributed by atoms with E-state index < -0.39 is 40.8 Å². The van der Waals surface area contributed by atoms with E-state index in [1.54, 1.807) is 51.3 Å². The SMILES string of the molecule is CCc1c(N2CCN(C(=O)OC(C)(C)C)CC2)c(=O)c2nc(C(F)F)c(C)nc2n1CC(=O)OC(C)(C)C. The Bertz CT molecular complexity index is 1270. The maximum atomic E-state index is 13.7. The third-order valence-corrected chi connectivity index (χ3v) is 5.87. The van der Waals surface area contributed by atoms with Crippen LogP contribution in [0.15, 0.2) is 4.79 Å². The summed E-state index contributed by atoms with van der Waals surface area (Å²) >= 11 is 0. The zero-order valence-corrected chi connectivity index (χ0v) is 23.4. The van der Waals surface area contributed by atoms with Crippen molar-refractivity contribution in [3.63, 3.8) is 0 Å². The molecule has 0 saturated carbocycles. The van der Waals surface area contributed by atoms with Crippen LogP contribution in [0.4, 0.5) is 19.3 Å². The normalized spacial score (nSPS) is 14.8. The van der Waals surface area contributed by atoms with Crippen molar-refractivity contribution < 1.29 is 27.8 Å². The number of piperazine rings is 1.